The Bertz CT molecular complexity index is 1000. The first-order chi connectivity index (χ1) is 14.9. The van der Waals surface area contributed by atoms with Gasteiger partial charge >= 0.3 is 0 Å². The van der Waals surface area contributed by atoms with Gasteiger partial charge in [0.05, 0.1) is 23.8 Å². The lowest BCUT2D eigenvalue weighted by Crippen LogP contribution is -2.40. The molecule has 1 amide bonds. The summed E-state index contributed by atoms with van der Waals surface area (Å²) in [6.45, 7) is 10.6. The maximum atomic E-state index is 12.6. The fourth-order valence-electron chi connectivity index (χ4n) is 3.98. The lowest BCUT2D eigenvalue weighted by Gasteiger charge is -2.35. The highest BCUT2D eigenvalue weighted by Crippen LogP contribution is 2.31. The summed E-state index contributed by atoms with van der Waals surface area (Å²) in [5, 5.41) is 15.8. The van der Waals surface area contributed by atoms with E-state index in [1.54, 1.807) is 19.3 Å². The molecule has 0 aromatic carbocycles. The van der Waals surface area contributed by atoms with Crippen LogP contribution in [0.1, 0.15) is 38.6 Å². The van der Waals surface area contributed by atoms with Crippen LogP contribution < -0.4 is 10.2 Å². The molecule has 1 aliphatic heterocycles. The van der Waals surface area contributed by atoms with E-state index in [4.69, 9.17) is 8.94 Å². The Morgan fingerprint density at radius 1 is 1.32 bits per heavy atom. The van der Waals surface area contributed by atoms with E-state index < -0.39 is 5.25 Å². The normalized spacial score (nSPS) is 20.1. The summed E-state index contributed by atoms with van der Waals surface area (Å²) in [6.07, 6.45) is 2.87. The smallest absolute Gasteiger partial charge is 0.240 e. The second-order valence-electron chi connectivity index (χ2n) is 8.38. The highest BCUT2D eigenvalue weighted by molar-refractivity contribution is 8.00. The molecule has 31 heavy (non-hydrogen) atoms. The SMILES string of the molecule is Cc1cc(NC(=O)C(C)Sc2nnc(N3CC(C)CC(C)C3)n2Cc2ccco2)on1. The number of thioether (sulfide) groups is 1. The van der Waals surface area contributed by atoms with Crippen molar-refractivity contribution in [1.82, 2.24) is 19.9 Å². The average Bonchev–Trinajstić information content (AvgIpc) is 3.44. The number of nitrogens with one attached hydrogen (secondary N) is 1. The molecule has 166 valence electrons. The molecule has 1 fully saturated rings. The maximum Gasteiger partial charge on any atom is 0.240 e. The standard InChI is InChI=1S/C21H28N6O3S/c1-13-8-14(2)11-26(10-13)20-23-24-21(27(20)12-17-6-5-7-29-17)31-16(4)19(28)22-18-9-15(3)25-30-18/h5-7,9,13-14,16H,8,10-12H2,1-4H3,(H,22,28). The van der Waals surface area contributed by atoms with Crippen molar-refractivity contribution in [3.8, 4) is 0 Å². The number of carbonyl (C=O) groups is 1. The van der Waals surface area contributed by atoms with Crippen LogP contribution in [0.2, 0.25) is 0 Å². The molecule has 0 bridgehead atoms. The molecule has 0 radical (unpaired) electrons. The topological polar surface area (TPSA) is 102 Å². The van der Waals surface area contributed by atoms with Crippen molar-refractivity contribution in [3.63, 3.8) is 0 Å². The molecule has 1 saturated heterocycles. The minimum Gasteiger partial charge on any atom is -0.467 e. The van der Waals surface area contributed by atoms with Crippen LogP contribution in [0.5, 0.6) is 0 Å². The van der Waals surface area contributed by atoms with Gasteiger partial charge < -0.3 is 13.8 Å². The van der Waals surface area contributed by atoms with Gasteiger partial charge in [-0.3, -0.25) is 14.7 Å². The van der Waals surface area contributed by atoms with Crippen LogP contribution in [-0.2, 0) is 11.3 Å². The van der Waals surface area contributed by atoms with Gasteiger partial charge in [0.1, 0.15) is 5.76 Å². The van der Waals surface area contributed by atoms with Gasteiger partial charge in [0.25, 0.3) is 0 Å². The molecule has 0 spiro atoms. The number of amides is 1. The van der Waals surface area contributed by atoms with Gasteiger partial charge in [-0.15, -0.1) is 10.2 Å². The summed E-state index contributed by atoms with van der Waals surface area (Å²) >= 11 is 1.36. The average molecular weight is 445 g/mol. The fraction of sp³-hybridized carbons (Fsp3) is 0.524. The van der Waals surface area contributed by atoms with Gasteiger partial charge in [-0.25, -0.2) is 0 Å². The van der Waals surface area contributed by atoms with E-state index in [0.29, 0.717) is 35.1 Å². The predicted molar refractivity (Wildman–Crippen MR) is 118 cm³/mol. The molecular formula is C21H28N6O3S. The number of aromatic nitrogens is 4. The highest BCUT2D eigenvalue weighted by Gasteiger charge is 2.28. The lowest BCUT2D eigenvalue weighted by molar-refractivity contribution is -0.115. The van der Waals surface area contributed by atoms with E-state index >= 15 is 0 Å². The lowest BCUT2D eigenvalue weighted by atomic mass is 9.92. The summed E-state index contributed by atoms with van der Waals surface area (Å²) in [4.78, 5) is 14.9. The molecule has 0 saturated carbocycles. The number of furan rings is 1. The molecule has 10 heteroatoms. The van der Waals surface area contributed by atoms with E-state index in [1.165, 1.54) is 18.2 Å². The summed E-state index contributed by atoms with van der Waals surface area (Å²) in [5.74, 6) is 2.96. The predicted octanol–water partition coefficient (Wildman–Crippen LogP) is 3.82. The van der Waals surface area contributed by atoms with Crippen LogP contribution >= 0.6 is 11.8 Å². The van der Waals surface area contributed by atoms with E-state index in [0.717, 1.165) is 24.8 Å². The molecular weight excluding hydrogens is 416 g/mol. The van der Waals surface area contributed by atoms with E-state index in [-0.39, 0.29) is 5.91 Å². The van der Waals surface area contributed by atoms with Crippen LogP contribution in [0, 0.1) is 18.8 Å². The summed E-state index contributed by atoms with van der Waals surface area (Å²) in [5.41, 5.74) is 0.712. The summed E-state index contributed by atoms with van der Waals surface area (Å²) in [6, 6.07) is 5.49. The monoisotopic (exact) mass is 444 g/mol. The number of aryl methyl sites for hydroxylation is 1. The van der Waals surface area contributed by atoms with Crippen LogP contribution in [-0.4, -0.2) is 44.2 Å². The molecule has 3 atom stereocenters. The Morgan fingerprint density at radius 2 is 2.10 bits per heavy atom. The van der Waals surface area contributed by atoms with Gasteiger partial charge in [0.15, 0.2) is 5.16 Å². The molecule has 3 aromatic rings. The Kier molecular flexibility index (Phi) is 6.35. The van der Waals surface area contributed by atoms with E-state index in [9.17, 15) is 4.79 Å². The van der Waals surface area contributed by atoms with E-state index in [2.05, 4.69) is 39.4 Å². The minimum atomic E-state index is -0.406. The van der Waals surface area contributed by atoms with Gasteiger partial charge in [-0.1, -0.05) is 30.8 Å². The summed E-state index contributed by atoms with van der Waals surface area (Å²) < 4.78 is 12.7. The Hall–Kier alpha value is -2.75. The zero-order valence-electron chi connectivity index (χ0n) is 18.2. The van der Waals surface area contributed by atoms with Gasteiger partial charge in [-0.05, 0) is 44.2 Å². The van der Waals surface area contributed by atoms with Crippen LogP contribution in [0.3, 0.4) is 0 Å². The van der Waals surface area contributed by atoms with Crippen molar-refractivity contribution in [2.24, 2.45) is 11.8 Å². The van der Waals surface area contributed by atoms with Crippen molar-refractivity contribution >= 4 is 29.5 Å². The molecule has 4 rings (SSSR count). The Balaban J connectivity index is 1.54. The molecule has 3 aromatic heterocycles. The molecule has 1 aliphatic rings. The molecule has 3 unspecified atom stereocenters. The van der Waals surface area contributed by atoms with Crippen molar-refractivity contribution in [2.45, 2.75) is 51.1 Å². The van der Waals surface area contributed by atoms with Crippen molar-refractivity contribution < 1.29 is 13.7 Å². The third-order valence-corrected chi connectivity index (χ3v) is 6.35. The van der Waals surface area contributed by atoms with E-state index in [1.807, 2.05) is 23.6 Å². The highest BCUT2D eigenvalue weighted by atomic mass is 32.2. The van der Waals surface area contributed by atoms with Gasteiger partial charge in [-0.2, -0.15) is 0 Å². The van der Waals surface area contributed by atoms with Crippen LogP contribution in [0.4, 0.5) is 11.8 Å². The maximum absolute atomic E-state index is 12.6. The van der Waals surface area contributed by atoms with Crippen molar-refractivity contribution in [2.75, 3.05) is 23.3 Å². The summed E-state index contributed by atoms with van der Waals surface area (Å²) in [7, 11) is 0. The first-order valence-corrected chi connectivity index (χ1v) is 11.4. The number of nitrogens with zero attached hydrogens (tertiary/aromatic N) is 5. The van der Waals surface area contributed by atoms with Crippen LogP contribution in [0.15, 0.2) is 38.6 Å². The number of hydrogen-bond donors (Lipinski definition) is 1. The minimum absolute atomic E-state index is 0.185. The largest absolute Gasteiger partial charge is 0.467 e. The third-order valence-electron chi connectivity index (χ3n) is 5.27. The van der Waals surface area contributed by atoms with Crippen LogP contribution in [0.25, 0.3) is 0 Å². The number of carbonyl (C=O) groups excluding carboxylic acids is 1. The first kappa shape index (κ1) is 21.5. The quantitative estimate of drug-likeness (QED) is 0.549. The number of rotatable bonds is 7. The Labute approximate surface area is 185 Å². The van der Waals surface area contributed by atoms with Crippen molar-refractivity contribution in [3.05, 3.63) is 35.9 Å². The molecule has 1 N–H and O–H groups in total. The van der Waals surface area contributed by atoms with Gasteiger partial charge in [0, 0.05) is 19.2 Å². The first-order valence-electron chi connectivity index (χ1n) is 10.5. The Morgan fingerprint density at radius 3 is 2.74 bits per heavy atom. The number of hydrogen-bond acceptors (Lipinski definition) is 8. The zero-order chi connectivity index (χ0) is 22.0. The zero-order valence-corrected chi connectivity index (χ0v) is 19.1. The van der Waals surface area contributed by atoms with Crippen molar-refractivity contribution in [1.29, 1.82) is 0 Å². The number of piperidine rings is 1. The fourth-order valence-corrected chi connectivity index (χ4v) is 4.83. The number of anilines is 2. The third kappa shape index (κ3) is 5.12. The molecule has 0 aliphatic carbocycles. The molecule has 4 heterocycles. The second-order valence-corrected chi connectivity index (χ2v) is 9.69. The molecule has 9 nitrogen and oxygen atoms in total. The second kappa shape index (κ2) is 9.17. The van der Waals surface area contributed by atoms with Gasteiger partial charge in [0.2, 0.25) is 17.7 Å².